The molecule has 0 aliphatic carbocycles. The third kappa shape index (κ3) is 64.8. The van der Waals surface area contributed by atoms with E-state index in [1.54, 1.807) is 0 Å². The quantitative estimate of drug-likeness (QED) is 0.0451. The smallest absolute Gasteiger partial charge is 0.550 e. The number of carboxylic acids is 2. The molecule has 0 heterocycles. The van der Waals surface area contributed by atoms with E-state index < -0.39 is 11.9 Å². The Morgan fingerprint density at radius 3 is 0.439 bits per heavy atom. The van der Waals surface area contributed by atoms with Gasteiger partial charge in [0.2, 0.25) is 0 Å². The van der Waals surface area contributed by atoms with Crippen molar-refractivity contribution in [2.75, 3.05) is 0 Å². The van der Waals surface area contributed by atoms with Crippen molar-refractivity contribution in [3.63, 3.8) is 0 Å². The van der Waals surface area contributed by atoms with Gasteiger partial charge in [0.15, 0.2) is 0 Å². The number of carbonyl (C=O) groups is 2. The SMILES string of the molecule is CCCCCCCCCCCCCCCCCCCCCCCCCC(=O)[O-].CCCCCCCCCCCCCCCCCCCCCCCCCC(=O)[O-].[Cu+2]. The van der Waals surface area contributed by atoms with E-state index in [0.717, 1.165) is 25.7 Å². The van der Waals surface area contributed by atoms with Crippen molar-refractivity contribution < 1.29 is 36.9 Å². The van der Waals surface area contributed by atoms with Crippen molar-refractivity contribution in [2.45, 2.75) is 322 Å². The fraction of sp³-hybridized carbons (Fsp3) is 0.962. The van der Waals surface area contributed by atoms with Crippen LogP contribution in [0.15, 0.2) is 0 Å². The van der Waals surface area contributed by atoms with Gasteiger partial charge in [0.25, 0.3) is 0 Å². The van der Waals surface area contributed by atoms with Crippen molar-refractivity contribution in [3.8, 4) is 0 Å². The molecular formula is C52H102CuO4. The molecule has 5 heteroatoms. The van der Waals surface area contributed by atoms with Crippen LogP contribution in [0, 0.1) is 0 Å². The van der Waals surface area contributed by atoms with Gasteiger partial charge in [-0.25, -0.2) is 0 Å². The van der Waals surface area contributed by atoms with Gasteiger partial charge < -0.3 is 19.8 Å². The van der Waals surface area contributed by atoms with E-state index >= 15 is 0 Å². The summed E-state index contributed by atoms with van der Waals surface area (Å²) in [5.41, 5.74) is 0. The van der Waals surface area contributed by atoms with Gasteiger partial charge in [-0.2, -0.15) is 0 Å². The van der Waals surface area contributed by atoms with Crippen LogP contribution in [0.3, 0.4) is 0 Å². The fourth-order valence-electron chi connectivity index (χ4n) is 8.11. The van der Waals surface area contributed by atoms with Crippen molar-refractivity contribution in [2.24, 2.45) is 0 Å². The van der Waals surface area contributed by atoms with Gasteiger partial charge in [0.05, 0.1) is 0 Å². The third-order valence-electron chi connectivity index (χ3n) is 12.0. The molecule has 0 aromatic carbocycles. The molecule has 4 nitrogen and oxygen atoms in total. The fourth-order valence-corrected chi connectivity index (χ4v) is 8.11. The maximum Gasteiger partial charge on any atom is 2.00 e. The standard InChI is InChI=1S/2C26H52O2.Cu/c2*1-2-3-4-5-6-7-8-9-10-11-12-13-14-15-16-17-18-19-20-21-22-23-24-25-26(27)28;/h2*2-25H2,1H3,(H,27,28);/q;;+2/p-2. The van der Waals surface area contributed by atoms with E-state index in [1.807, 2.05) is 0 Å². The molecule has 0 unspecified atom stereocenters. The predicted octanol–water partition coefficient (Wildman–Crippen LogP) is 16.2. The Balaban J connectivity index is -0.00000101. The predicted molar refractivity (Wildman–Crippen MR) is 243 cm³/mol. The molecule has 0 rings (SSSR count). The molecule has 0 aliphatic heterocycles. The number of unbranched alkanes of at least 4 members (excludes halogenated alkanes) is 44. The molecule has 0 fully saturated rings. The summed E-state index contributed by atoms with van der Waals surface area (Å²) in [5.74, 6) is -1.80. The Bertz CT molecular complexity index is 669. The molecule has 0 bridgehead atoms. The normalized spacial score (nSPS) is 11.0. The Kier molecular flexibility index (Phi) is 61.4. The molecule has 0 amide bonds. The number of carbonyl (C=O) groups excluding carboxylic acids is 2. The summed E-state index contributed by atoms with van der Waals surface area (Å²) in [6.07, 6.45) is 63.3. The first kappa shape index (κ1) is 60.8. The number of hydrogen-bond donors (Lipinski definition) is 0. The summed E-state index contributed by atoms with van der Waals surface area (Å²) in [7, 11) is 0. The summed E-state index contributed by atoms with van der Waals surface area (Å²) in [6.45, 7) is 4.58. The second kappa shape index (κ2) is 57.6. The van der Waals surface area contributed by atoms with Crippen molar-refractivity contribution in [3.05, 3.63) is 0 Å². The van der Waals surface area contributed by atoms with Gasteiger partial charge in [0.1, 0.15) is 0 Å². The second-order valence-corrected chi connectivity index (χ2v) is 17.8. The van der Waals surface area contributed by atoms with Gasteiger partial charge in [-0.3, -0.25) is 0 Å². The van der Waals surface area contributed by atoms with E-state index in [0.29, 0.717) is 0 Å². The Hall–Kier alpha value is -0.541. The number of hydrogen-bond acceptors (Lipinski definition) is 4. The molecule has 0 saturated carbocycles. The summed E-state index contributed by atoms with van der Waals surface area (Å²) in [5, 5.41) is 20.6. The van der Waals surface area contributed by atoms with Crippen LogP contribution in [0.25, 0.3) is 0 Å². The zero-order chi connectivity index (χ0) is 41.1. The summed E-state index contributed by atoms with van der Waals surface area (Å²) >= 11 is 0. The van der Waals surface area contributed by atoms with Crippen LogP contribution >= 0.6 is 0 Å². The number of aliphatic carboxylic acids is 2. The topological polar surface area (TPSA) is 80.3 Å². The van der Waals surface area contributed by atoms with Crippen LogP contribution in [-0.4, -0.2) is 11.9 Å². The summed E-state index contributed by atoms with van der Waals surface area (Å²) in [6, 6.07) is 0. The van der Waals surface area contributed by atoms with Crippen molar-refractivity contribution in [1.29, 1.82) is 0 Å². The zero-order valence-corrected chi connectivity index (χ0v) is 39.8. The molecule has 0 atom stereocenters. The molecule has 0 saturated heterocycles. The largest absolute Gasteiger partial charge is 2.00 e. The maximum absolute atomic E-state index is 10.3. The first-order valence-electron chi connectivity index (χ1n) is 25.9. The minimum atomic E-state index is -0.900. The minimum absolute atomic E-state index is 0. The van der Waals surface area contributed by atoms with Crippen LogP contribution in [0.5, 0.6) is 0 Å². The molecule has 345 valence electrons. The third-order valence-corrected chi connectivity index (χ3v) is 12.0. The van der Waals surface area contributed by atoms with Gasteiger partial charge in [-0.1, -0.05) is 296 Å². The molecule has 57 heavy (non-hydrogen) atoms. The molecule has 0 N–H and O–H groups in total. The van der Waals surface area contributed by atoms with Crippen LogP contribution in [0.1, 0.15) is 322 Å². The van der Waals surface area contributed by atoms with Crippen LogP contribution < -0.4 is 10.2 Å². The molecule has 0 aromatic rings. The molecule has 0 aromatic heterocycles. The molecule has 1 radical (unpaired) electrons. The van der Waals surface area contributed by atoms with Crippen LogP contribution in [0.4, 0.5) is 0 Å². The minimum Gasteiger partial charge on any atom is -0.550 e. The summed E-state index contributed by atoms with van der Waals surface area (Å²) in [4.78, 5) is 20.6. The molecular weight excluding hydrogens is 752 g/mol. The first-order chi connectivity index (χ1) is 27.5. The van der Waals surface area contributed by atoms with Gasteiger partial charge in [-0.15, -0.1) is 0 Å². The second-order valence-electron chi connectivity index (χ2n) is 17.8. The van der Waals surface area contributed by atoms with Gasteiger partial charge in [-0.05, 0) is 25.7 Å². The Labute approximate surface area is 369 Å². The van der Waals surface area contributed by atoms with E-state index in [4.69, 9.17) is 0 Å². The van der Waals surface area contributed by atoms with Crippen molar-refractivity contribution >= 4 is 11.9 Å². The number of carboxylic acid groups (broad SMARTS) is 2. The van der Waals surface area contributed by atoms with E-state index in [-0.39, 0.29) is 29.9 Å². The average Bonchev–Trinajstić information content (AvgIpc) is 3.18. The van der Waals surface area contributed by atoms with Crippen LogP contribution in [0.2, 0.25) is 0 Å². The Morgan fingerprint density at radius 1 is 0.228 bits per heavy atom. The van der Waals surface area contributed by atoms with Gasteiger partial charge in [0, 0.05) is 11.9 Å². The monoisotopic (exact) mass is 854 g/mol. The number of rotatable bonds is 48. The maximum atomic E-state index is 10.3. The summed E-state index contributed by atoms with van der Waals surface area (Å²) < 4.78 is 0. The van der Waals surface area contributed by atoms with Gasteiger partial charge >= 0.3 is 17.1 Å². The molecule has 0 spiro atoms. The Morgan fingerprint density at radius 2 is 0.333 bits per heavy atom. The average molecular weight is 855 g/mol. The van der Waals surface area contributed by atoms with E-state index in [1.165, 1.54) is 270 Å². The first-order valence-corrected chi connectivity index (χ1v) is 25.9. The van der Waals surface area contributed by atoms with Crippen molar-refractivity contribution in [1.82, 2.24) is 0 Å². The van der Waals surface area contributed by atoms with E-state index in [2.05, 4.69) is 13.8 Å². The zero-order valence-electron chi connectivity index (χ0n) is 38.9. The van der Waals surface area contributed by atoms with Crippen LogP contribution in [-0.2, 0) is 26.7 Å². The molecule has 0 aliphatic rings. The van der Waals surface area contributed by atoms with E-state index in [9.17, 15) is 19.8 Å².